The molecule has 0 bridgehead atoms. The molecule has 0 saturated carbocycles. The van der Waals surface area contributed by atoms with Crippen molar-refractivity contribution < 1.29 is 9.63 Å². The fourth-order valence-corrected chi connectivity index (χ4v) is 1.66. The average Bonchev–Trinajstić information content (AvgIpc) is 2.30. The zero-order valence-corrected chi connectivity index (χ0v) is 10.7. The van der Waals surface area contributed by atoms with Crippen molar-refractivity contribution in [3.63, 3.8) is 0 Å². The second-order valence-electron chi connectivity index (χ2n) is 3.92. The molecule has 0 aromatic rings. The fourth-order valence-electron chi connectivity index (χ4n) is 1.66. The van der Waals surface area contributed by atoms with E-state index in [1.54, 1.807) is 0 Å². The summed E-state index contributed by atoms with van der Waals surface area (Å²) in [7, 11) is 0. The minimum Gasteiger partial charge on any atom is -0.356 e. The van der Waals surface area contributed by atoms with E-state index in [-0.39, 0.29) is 5.97 Å². The molecule has 0 spiro atoms. The summed E-state index contributed by atoms with van der Waals surface area (Å²) in [5.41, 5.74) is 1.90. The summed E-state index contributed by atoms with van der Waals surface area (Å²) in [4.78, 5) is 17.8. The van der Waals surface area contributed by atoms with E-state index in [1.165, 1.54) is 12.8 Å². The molecule has 0 heterocycles. The summed E-state index contributed by atoms with van der Waals surface area (Å²) >= 11 is 0. The molecule has 0 amide bonds. The molecular weight excluding hydrogens is 206 g/mol. The number of nitrogens with zero attached hydrogens (tertiary/aromatic N) is 1. The first-order chi connectivity index (χ1) is 7.67. The maximum atomic E-state index is 11.1. The van der Waals surface area contributed by atoms with Gasteiger partial charge in [0.1, 0.15) is 0 Å². The Hall–Kier alpha value is -0.650. The van der Waals surface area contributed by atoms with Gasteiger partial charge in [-0.3, -0.25) is 4.79 Å². The lowest BCUT2D eigenvalue weighted by Gasteiger charge is -2.24. The molecule has 0 saturated heterocycles. The van der Waals surface area contributed by atoms with E-state index in [9.17, 15) is 4.79 Å². The van der Waals surface area contributed by atoms with E-state index in [2.05, 4.69) is 30.5 Å². The van der Waals surface area contributed by atoms with E-state index in [4.69, 9.17) is 5.84 Å². The molecule has 0 radical (unpaired) electrons. The Morgan fingerprint density at radius 2 is 2.00 bits per heavy atom. The van der Waals surface area contributed by atoms with Gasteiger partial charge in [-0.1, -0.05) is 39.2 Å². The van der Waals surface area contributed by atoms with Crippen molar-refractivity contribution in [2.75, 3.05) is 19.6 Å². The lowest BCUT2D eigenvalue weighted by molar-refractivity contribution is -0.151. The number of hydrogen-bond acceptors (Lipinski definition) is 5. The number of nitrogens with two attached hydrogens (primary N) is 1. The van der Waals surface area contributed by atoms with E-state index < -0.39 is 0 Å². The number of rotatable bonds is 9. The van der Waals surface area contributed by atoms with Crippen LogP contribution in [-0.4, -0.2) is 30.5 Å². The van der Waals surface area contributed by atoms with Crippen LogP contribution in [0.25, 0.3) is 0 Å². The van der Waals surface area contributed by atoms with Crippen LogP contribution in [0.2, 0.25) is 0 Å². The molecule has 0 atom stereocenters. The Bertz CT molecular complexity index is 184. The minimum atomic E-state index is -0.314. The number of hydrogen-bond donors (Lipinski definition) is 2. The zero-order chi connectivity index (χ0) is 12.4. The van der Waals surface area contributed by atoms with Gasteiger partial charge in [0.05, 0.1) is 6.42 Å². The Morgan fingerprint density at radius 3 is 2.44 bits per heavy atom. The summed E-state index contributed by atoms with van der Waals surface area (Å²) in [6.07, 6.45) is 2.74. The van der Waals surface area contributed by atoms with E-state index in [0.717, 1.165) is 19.6 Å². The molecule has 0 rings (SSSR count). The van der Waals surface area contributed by atoms with Gasteiger partial charge in [-0.15, -0.1) is 0 Å². The van der Waals surface area contributed by atoms with Crippen molar-refractivity contribution in [1.29, 1.82) is 0 Å². The van der Waals surface area contributed by atoms with Gasteiger partial charge >= 0.3 is 5.97 Å². The highest BCUT2D eigenvalue weighted by Crippen LogP contribution is 2.10. The van der Waals surface area contributed by atoms with Crippen molar-refractivity contribution in [1.82, 2.24) is 10.5 Å². The van der Waals surface area contributed by atoms with Crippen LogP contribution in [0.4, 0.5) is 0 Å². The maximum absolute atomic E-state index is 11.1. The van der Waals surface area contributed by atoms with Crippen LogP contribution in [0.3, 0.4) is 0 Å². The molecule has 0 aliphatic carbocycles. The highest BCUT2D eigenvalue weighted by molar-refractivity contribution is 5.69. The van der Waals surface area contributed by atoms with Crippen molar-refractivity contribution in [2.45, 2.75) is 40.0 Å². The molecule has 5 nitrogen and oxygen atoms in total. The SMILES string of the molecule is CCC(CC)CN(CC)CCC(=O)ONN. The summed E-state index contributed by atoms with van der Waals surface area (Å²) in [6, 6.07) is 0. The topological polar surface area (TPSA) is 67.6 Å². The number of nitrogens with one attached hydrogen (secondary N) is 1. The second-order valence-corrected chi connectivity index (χ2v) is 3.92. The Kier molecular flexibility index (Phi) is 9.18. The quantitative estimate of drug-likeness (QED) is 0.459. The van der Waals surface area contributed by atoms with Gasteiger partial charge in [-0.25, -0.2) is 5.84 Å². The van der Waals surface area contributed by atoms with Crippen molar-refractivity contribution in [3.8, 4) is 0 Å². The van der Waals surface area contributed by atoms with E-state index >= 15 is 0 Å². The maximum Gasteiger partial charge on any atom is 0.327 e. The predicted molar refractivity (Wildman–Crippen MR) is 64.2 cm³/mol. The summed E-state index contributed by atoms with van der Waals surface area (Å²) in [6.45, 7) is 9.25. The van der Waals surface area contributed by atoms with Crippen molar-refractivity contribution in [2.24, 2.45) is 11.8 Å². The van der Waals surface area contributed by atoms with Crippen molar-refractivity contribution in [3.05, 3.63) is 0 Å². The van der Waals surface area contributed by atoms with Gasteiger partial charge < -0.3 is 9.74 Å². The van der Waals surface area contributed by atoms with Crippen LogP contribution in [0.1, 0.15) is 40.0 Å². The van der Waals surface area contributed by atoms with E-state index in [0.29, 0.717) is 12.3 Å². The molecule has 16 heavy (non-hydrogen) atoms. The van der Waals surface area contributed by atoms with Gasteiger partial charge in [0.25, 0.3) is 0 Å². The first-order valence-electron chi connectivity index (χ1n) is 6.05. The molecule has 3 N–H and O–H groups in total. The molecule has 0 fully saturated rings. The van der Waals surface area contributed by atoms with Crippen LogP contribution in [0.5, 0.6) is 0 Å². The summed E-state index contributed by atoms with van der Waals surface area (Å²) in [5, 5.41) is 0. The standard InChI is InChI=1S/C11H25N3O2/c1-4-10(5-2)9-14(6-3)8-7-11(15)16-13-12/h10,13H,4-9,12H2,1-3H3. The highest BCUT2D eigenvalue weighted by Gasteiger charge is 2.11. The number of carbonyl (C=O) groups is 1. The van der Waals surface area contributed by atoms with Gasteiger partial charge in [-0.2, -0.15) is 0 Å². The molecule has 0 unspecified atom stereocenters. The van der Waals surface area contributed by atoms with Crippen LogP contribution >= 0.6 is 0 Å². The molecular formula is C11H25N3O2. The predicted octanol–water partition coefficient (Wildman–Crippen LogP) is 1.06. The molecule has 0 aliphatic rings. The van der Waals surface area contributed by atoms with Gasteiger partial charge in [0.2, 0.25) is 0 Å². The van der Waals surface area contributed by atoms with Crippen LogP contribution in [-0.2, 0) is 9.63 Å². The van der Waals surface area contributed by atoms with E-state index in [1.807, 2.05) is 5.59 Å². The van der Waals surface area contributed by atoms with Gasteiger partial charge in [-0.05, 0) is 12.5 Å². The second kappa shape index (κ2) is 9.57. The monoisotopic (exact) mass is 231 g/mol. The largest absolute Gasteiger partial charge is 0.356 e. The smallest absolute Gasteiger partial charge is 0.327 e. The van der Waals surface area contributed by atoms with Gasteiger partial charge in [0.15, 0.2) is 0 Å². The lowest BCUT2D eigenvalue weighted by atomic mass is 10.0. The highest BCUT2D eigenvalue weighted by atomic mass is 16.7. The van der Waals surface area contributed by atoms with Crippen LogP contribution < -0.4 is 11.4 Å². The molecule has 5 heteroatoms. The molecule has 0 aliphatic heterocycles. The first-order valence-corrected chi connectivity index (χ1v) is 6.05. The zero-order valence-electron chi connectivity index (χ0n) is 10.7. The van der Waals surface area contributed by atoms with Crippen molar-refractivity contribution >= 4 is 5.97 Å². The molecule has 96 valence electrons. The summed E-state index contributed by atoms with van der Waals surface area (Å²) in [5.74, 6) is 5.28. The third-order valence-corrected chi connectivity index (χ3v) is 2.92. The third kappa shape index (κ3) is 6.76. The molecule has 0 aromatic carbocycles. The molecule has 0 aromatic heterocycles. The van der Waals surface area contributed by atoms with Gasteiger partial charge in [0, 0.05) is 13.1 Å². The Labute approximate surface area is 98.2 Å². The lowest BCUT2D eigenvalue weighted by Crippen LogP contribution is -2.33. The van der Waals surface area contributed by atoms with Crippen LogP contribution in [0, 0.1) is 5.92 Å². The number of carbonyl (C=O) groups excluding carboxylic acids is 1. The van der Waals surface area contributed by atoms with Crippen LogP contribution in [0.15, 0.2) is 0 Å². The Balaban J connectivity index is 3.86. The Morgan fingerprint density at radius 1 is 1.38 bits per heavy atom. The number of hydrazine groups is 1. The summed E-state index contributed by atoms with van der Waals surface area (Å²) < 4.78 is 0. The normalized spacial score (nSPS) is 11.1. The third-order valence-electron chi connectivity index (χ3n) is 2.92. The fraction of sp³-hybridized carbons (Fsp3) is 0.909. The average molecular weight is 231 g/mol. The minimum absolute atomic E-state index is 0.314. The first kappa shape index (κ1) is 15.3.